The zero-order valence-electron chi connectivity index (χ0n) is 20.1. The Hall–Kier alpha value is -3.72. The molecule has 3 aromatic heterocycles. The Kier molecular flexibility index (Phi) is 5.49. The van der Waals surface area contributed by atoms with Crippen LogP contribution in [0.4, 0.5) is 5.69 Å². The molecule has 4 aromatic rings. The first kappa shape index (κ1) is 21.8. The highest BCUT2D eigenvalue weighted by atomic mass is 16.5. The van der Waals surface area contributed by atoms with Crippen LogP contribution in [-0.2, 0) is 16.1 Å². The van der Waals surface area contributed by atoms with Crippen LogP contribution in [0.1, 0.15) is 12.5 Å². The van der Waals surface area contributed by atoms with Crippen LogP contribution in [0.25, 0.3) is 28.2 Å². The number of aromatic nitrogens is 5. The number of morpholine rings is 1. The van der Waals surface area contributed by atoms with Gasteiger partial charge in [-0.05, 0) is 19.1 Å². The summed E-state index contributed by atoms with van der Waals surface area (Å²) in [6, 6.07) is 12.5. The summed E-state index contributed by atoms with van der Waals surface area (Å²) in [5.74, 6) is 1.31. The fourth-order valence-electron chi connectivity index (χ4n) is 4.93. The van der Waals surface area contributed by atoms with Gasteiger partial charge in [0.2, 0.25) is 5.91 Å². The number of aryl methyl sites for hydroxylation is 1. The van der Waals surface area contributed by atoms with E-state index < -0.39 is 0 Å². The van der Waals surface area contributed by atoms with Gasteiger partial charge in [-0.15, -0.1) is 0 Å². The van der Waals surface area contributed by atoms with E-state index in [2.05, 4.69) is 46.7 Å². The van der Waals surface area contributed by atoms with Crippen molar-refractivity contribution in [1.82, 2.24) is 29.2 Å². The second kappa shape index (κ2) is 8.81. The van der Waals surface area contributed by atoms with Crippen LogP contribution in [0, 0.1) is 12.8 Å². The molecule has 1 aromatic carbocycles. The number of imidazole rings is 1. The van der Waals surface area contributed by atoms with Gasteiger partial charge in [0, 0.05) is 63.4 Å². The van der Waals surface area contributed by atoms with Crippen LogP contribution in [0.2, 0.25) is 0 Å². The monoisotopic (exact) mass is 471 g/mol. The number of rotatable bonds is 5. The number of amides is 1. The molecule has 0 aliphatic carbocycles. The van der Waals surface area contributed by atoms with Gasteiger partial charge in [-0.2, -0.15) is 5.10 Å². The number of hydrogen-bond donors (Lipinski definition) is 0. The van der Waals surface area contributed by atoms with Gasteiger partial charge in [0.25, 0.3) is 0 Å². The van der Waals surface area contributed by atoms with Crippen molar-refractivity contribution in [2.45, 2.75) is 20.4 Å². The molecular weight excluding hydrogens is 442 g/mol. The Bertz CT molecular complexity index is 1380. The molecule has 9 nitrogen and oxygen atoms in total. The summed E-state index contributed by atoms with van der Waals surface area (Å²) in [4.78, 5) is 25.6. The van der Waals surface area contributed by atoms with E-state index in [0.29, 0.717) is 19.1 Å². The minimum atomic E-state index is 0.134. The fraction of sp³-hybridized carbons (Fsp3) is 0.385. The molecule has 2 aliphatic rings. The van der Waals surface area contributed by atoms with E-state index in [-0.39, 0.29) is 5.91 Å². The molecule has 35 heavy (non-hydrogen) atoms. The summed E-state index contributed by atoms with van der Waals surface area (Å²) in [5.41, 5.74) is 5.99. The number of nitrogens with zero attached hydrogens (tertiary/aromatic N) is 7. The Morgan fingerprint density at radius 3 is 2.74 bits per heavy atom. The second-order valence-electron chi connectivity index (χ2n) is 9.47. The Labute approximate surface area is 203 Å². The number of carbonyl (C=O) groups excluding carboxylic acids is 1. The highest BCUT2D eigenvalue weighted by molar-refractivity contribution is 5.87. The van der Waals surface area contributed by atoms with Crippen molar-refractivity contribution in [2.24, 2.45) is 5.92 Å². The van der Waals surface area contributed by atoms with Gasteiger partial charge in [0.15, 0.2) is 11.5 Å². The lowest BCUT2D eigenvalue weighted by Gasteiger charge is -2.38. The summed E-state index contributed by atoms with van der Waals surface area (Å²) in [5, 5.41) is 4.85. The number of carbonyl (C=O) groups is 1. The van der Waals surface area contributed by atoms with Crippen LogP contribution < -0.4 is 4.90 Å². The molecule has 0 unspecified atom stereocenters. The molecule has 0 saturated carbocycles. The van der Waals surface area contributed by atoms with Crippen LogP contribution in [-0.4, -0.2) is 74.5 Å². The van der Waals surface area contributed by atoms with Gasteiger partial charge in [-0.3, -0.25) is 4.79 Å². The molecule has 0 atom stereocenters. The number of benzene rings is 1. The molecule has 2 saturated heterocycles. The van der Waals surface area contributed by atoms with Crippen molar-refractivity contribution in [3.63, 3.8) is 0 Å². The van der Waals surface area contributed by atoms with E-state index in [0.717, 1.165) is 66.7 Å². The SMILES string of the molecule is CC(=O)N1CC(Cn2cnc3c(N4CCOCC4)cc(-n4ccc(-c5cccc(C)c5)n4)nc32)C1. The summed E-state index contributed by atoms with van der Waals surface area (Å²) in [6.45, 7) is 9.08. The van der Waals surface area contributed by atoms with Gasteiger partial charge >= 0.3 is 0 Å². The number of likely N-dealkylation sites (tertiary alicyclic amines) is 1. The number of hydrogen-bond acceptors (Lipinski definition) is 6. The predicted molar refractivity (Wildman–Crippen MR) is 134 cm³/mol. The standard InChI is InChI=1S/C26H29N7O2/c1-18-4-3-5-21(12-18)22-6-7-33(29-22)24-13-23(30-8-10-35-11-9-30)25-26(28-24)32(17-27-25)16-20-14-31(15-20)19(2)34/h3-7,12-13,17,20H,8-11,14-16H2,1-2H3. The largest absolute Gasteiger partial charge is 0.378 e. The third-order valence-corrected chi connectivity index (χ3v) is 6.89. The smallest absolute Gasteiger partial charge is 0.219 e. The molecule has 180 valence electrons. The van der Waals surface area contributed by atoms with Crippen molar-refractivity contribution >= 4 is 22.8 Å². The molecule has 2 aliphatic heterocycles. The molecule has 2 fully saturated rings. The van der Waals surface area contributed by atoms with Crippen molar-refractivity contribution in [1.29, 1.82) is 0 Å². The first-order valence-electron chi connectivity index (χ1n) is 12.1. The lowest BCUT2D eigenvalue weighted by molar-refractivity contribution is -0.135. The zero-order valence-corrected chi connectivity index (χ0v) is 20.1. The molecule has 0 radical (unpaired) electrons. The molecule has 9 heteroatoms. The topological polar surface area (TPSA) is 81.3 Å². The van der Waals surface area contributed by atoms with E-state index in [4.69, 9.17) is 19.8 Å². The van der Waals surface area contributed by atoms with Gasteiger partial charge in [0.1, 0.15) is 5.52 Å². The number of ether oxygens (including phenoxy) is 1. The third-order valence-electron chi connectivity index (χ3n) is 6.89. The van der Waals surface area contributed by atoms with Crippen molar-refractivity contribution in [2.75, 3.05) is 44.3 Å². The second-order valence-corrected chi connectivity index (χ2v) is 9.47. The average molecular weight is 472 g/mol. The van der Waals surface area contributed by atoms with E-state index in [1.807, 2.05) is 28.2 Å². The normalized spacial score (nSPS) is 16.6. The van der Waals surface area contributed by atoms with Crippen molar-refractivity contribution in [3.8, 4) is 17.1 Å². The lowest BCUT2D eigenvalue weighted by Crippen LogP contribution is -2.50. The average Bonchev–Trinajstić information content (AvgIpc) is 3.48. The molecule has 1 amide bonds. The molecular formula is C26H29N7O2. The number of pyridine rings is 1. The minimum absolute atomic E-state index is 0.134. The van der Waals surface area contributed by atoms with Gasteiger partial charge in [-0.25, -0.2) is 14.6 Å². The molecule has 0 spiro atoms. The Morgan fingerprint density at radius 2 is 1.97 bits per heavy atom. The summed E-state index contributed by atoms with van der Waals surface area (Å²) in [7, 11) is 0. The lowest BCUT2D eigenvalue weighted by atomic mass is 10.0. The summed E-state index contributed by atoms with van der Waals surface area (Å²) < 4.78 is 9.55. The van der Waals surface area contributed by atoms with Crippen LogP contribution in [0.3, 0.4) is 0 Å². The molecule has 6 rings (SSSR count). The van der Waals surface area contributed by atoms with Crippen LogP contribution >= 0.6 is 0 Å². The van der Waals surface area contributed by atoms with Crippen LogP contribution in [0.5, 0.6) is 0 Å². The first-order chi connectivity index (χ1) is 17.0. The maximum absolute atomic E-state index is 11.6. The molecule has 0 N–H and O–H groups in total. The highest BCUT2D eigenvalue weighted by Gasteiger charge is 2.29. The predicted octanol–water partition coefficient (Wildman–Crippen LogP) is 2.91. The summed E-state index contributed by atoms with van der Waals surface area (Å²) in [6.07, 6.45) is 3.84. The zero-order chi connectivity index (χ0) is 23.9. The van der Waals surface area contributed by atoms with E-state index in [9.17, 15) is 4.79 Å². The molecule has 5 heterocycles. The number of anilines is 1. The van der Waals surface area contributed by atoms with Crippen LogP contribution in [0.15, 0.2) is 48.9 Å². The third kappa shape index (κ3) is 4.16. The van der Waals surface area contributed by atoms with E-state index in [1.54, 1.807) is 6.92 Å². The number of fused-ring (bicyclic) bond motifs is 1. The maximum atomic E-state index is 11.6. The minimum Gasteiger partial charge on any atom is -0.378 e. The van der Waals surface area contributed by atoms with E-state index in [1.165, 1.54) is 5.56 Å². The van der Waals surface area contributed by atoms with Gasteiger partial charge < -0.3 is 19.1 Å². The first-order valence-corrected chi connectivity index (χ1v) is 12.1. The Morgan fingerprint density at radius 1 is 1.14 bits per heavy atom. The molecule has 0 bridgehead atoms. The summed E-state index contributed by atoms with van der Waals surface area (Å²) >= 11 is 0. The van der Waals surface area contributed by atoms with Crippen molar-refractivity contribution in [3.05, 3.63) is 54.5 Å². The Balaban J connectivity index is 1.38. The van der Waals surface area contributed by atoms with Gasteiger partial charge in [-0.1, -0.05) is 23.8 Å². The maximum Gasteiger partial charge on any atom is 0.219 e. The highest BCUT2D eigenvalue weighted by Crippen LogP contribution is 2.30. The van der Waals surface area contributed by atoms with E-state index >= 15 is 0 Å². The van der Waals surface area contributed by atoms with Gasteiger partial charge in [0.05, 0.1) is 30.9 Å². The fourth-order valence-corrected chi connectivity index (χ4v) is 4.93. The quantitative estimate of drug-likeness (QED) is 0.445. The van der Waals surface area contributed by atoms with Crippen molar-refractivity contribution < 1.29 is 9.53 Å².